The van der Waals surface area contributed by atoms with Crippen molar-refractivity contribution in [1.29, 1.82) is 0 Å². The molecule has 1 unspecified atom stereocenters. The van der Waals surface area contributed by atoms with E-state index in [0.29, 0.717) is 27.2 Å². The summed E-state index contributed by atoms with van der Waals surface area (Å²) >= 11 is 23.3. The summed E-state index contributed by atoms with van der Waals surface area (Å²) in [6, 6.07) is 7.25. The van der Waals surface area contributed by atoms with Crippen LogP contribution >= 0.6 is 46.4 Å². The van der Waals surface area contributed by atoms with Crippen LogP contribution in [0, 0.1) is 0 Å². The van der Waals surface area contributed by atoms with Gasteiger partial charge in [0.05, 0.1) is 6.04 Å². The van der Waals surface area contributed by atoms with Gasteiger partial charge in [0, 0.05) is 27.7 Å². The minimum Gasteiger partial charge on any atom is -0.274 e. The van der Waals surface area contributed by atoms with Gasteiger partial charge in [-0.05, 0) is 54.4 Å². The SMILES string of the molecule is C\C(Cl)=C/C(Cl)=C\C=C\N1N=C(C(=O)Cl)CC1c1ccc(Cl)cc1. The fourth-order valence-electron chi connectivity index (χ4n) is 2.20. The highest BCUT2D eigenvalue weighted by Crippen LogP contribution is 2.32. The number of carbonyl (C=O) groups excluding carboxylic acids is 1. The Bertz CT molecular complexity index is 731. The molecule has 3 nitrogen and oxygen atoms in total. The number of hydrogen-bond acceptors (Lipinski definition) is 3. The average molecular weight is 404 g/mol. The molecule has 0 amide bonds. The zero-order valence-corrected chi connectivity index (χ0v) is 15.7. The van der Waals surface area contributed by atoms with Gasteiger partial charge in [-0.25, -0.2) is 0 Å². The third-order valence-electron chi connectivity index (χ3n) is 3.25. The maximum Gasteiger partial charge on any atom is 0.268 e. The number of nitrogens with zero attached hydrogens (tertiary/aromatic N) is 2. The number of benzene rings is 1. The van der Waals surface area contributed by atoms with Crippen LogP contribution < -0.4 is 0 Å². The minimum absolute atomic E-state index is 0.131. The van der Waals surface area contributed by atoms with Crippen molar-refractivity contribution in [2.45, 2.75) is 19.4 Å². The molecule has 1 aromatic rings. The first-order chi connectivity index (χ1) is 11.4. The first-order valence-electron chi connectivity index (χ1n) is 7.05. The van der Waals surface area contributed by atoms with E-state index in [1.54, 1.807) is 48.5 Å². The molecule has 1 aliphatic rings. The molecule has 0 aromatic heterocycles. The molecule has 0 N–H and O–H groups in total. The smallest absolute Gasteiger partial charge is 0.268 e. The largest absolute Gasteiger partial charge is 0.274 e. The van der Waals surface area contributed by atoms with Crippen molar-refractivity contribution in [1.82, 2.24) is 5.01 Å². The van der Waals surface area contributed by atoms with E-state index in [2.05, 4.69) is 5.10 Å². The van der Waals surface area contributed by atoms with Crippen LogP contribution in [0.4, 0.5) is 0 Å². The molecular weight excluding hydrogens is 390 g/mol. The molecule has 0 fully saturated rings. The van der Waals surface area contributed by atoms with Crippen LogP contribution in [0.3, 0.4) is 0 Å². The lowest BCUT2D eigenvalue weighted by Gasteiger charge is -2.20. The van der Waals surface area contributed by atoms with Crippen LogP contribution in [-0.2, 0) is 4.79 Å². The average Bonchev–Trinajstić information content (AvgIpc) is 2.91. The molecule has 1 aliphatic heterocycles. The van der Waals surface area contributed by atoms with Crippen LogP contribution in [0.25, 0.3) is 0 Å². The summed E-state index contributed by atoms with van der Waals surface area (Å²) in [5.74, 6) is 0. The van der Waals surface area contributed by atoms with Crippen molar-refractivity contribution in [3.05, 3.63) is 69.3 Å². The number of allylic oxidation sites excluding steroid dienone is 5. The lowest BCUT2D eigenvalue weighted by atomic mass is 10.0. The van der Waals surface area contributed by atoms with Crippen LogP contribution in [0.1, 0.15) is 24.9 Å². The number of halogens is 4. The molecular formula is C17H14Cl4N2O. The highest BCUT2D eigenvalue weighted by molar-refractivity contribution is 6.82. The van der Waals surface area contributed by atoms with E-state index < -0.39 is 5.24 Å². The van der Waals surface area contributed by atoms with Crippen molar-refractivity contribution in [2.75, 3.05) is 0 Å². The third kappa shape index (κ3) is 5.38. The molecule has 1 heterocycles. The first kappa shape index (κ1) is 19.1. The third-order valence-corrected chi connectivity index (χ3v) is 4.07. The monoisotopic (exact) mass is 402 g/mol. The molecule has 0 saturated heterocycles. The standard InChI is InChI=1S/C17H14Cl4N2O/c1-11(18)9-14(20)3-2-8-23-16(10-15(22-23)17(21)24)12-4-6-13(19)7-5-12/h2-9,16H,10H2,1H3/b8-2+,11-9+,14-3+. The van der Waals surface area contributed by atoms with Crippen molar-refractivity contribution < 1.29 is 4.79 Å². The van der Waals surface area contributed by atoms with Crippen molar-refractivity contribution in [3.63, 3.8) is 0 Å². The van der Waals surface area contributed by atoms with E-state index in [9.17, 15) is 4.79 Å². The highest BCUT2D eigenvalue weighted by atomic mass is 35.5. The number of carbonyl (C=O) groups is 1. The summed E-state index contributed by atoms with van der Waals surface area (Å²) < 4.78 is 0. The van der Waals surface area contributed by atoms with Gasteiger partial charge >= 0.3 is 0 Å². The first-order valence-corrected chi connectivity index (χ1v) is 8.57. The van der Waals surface area contributed by atoms with E-state index >= 15 is 0 Å². The summed E-state index contributed by atoms with van der Waals surface area (Å²) in [4.78, 5) is 11.4. The number of hydrazone groups is 1. The van der Waals surface area contributed by atoms with Crippen LogP contribution in [0.2, 0.25) is 5.02 Å². The summed E-state index contributed by atoms with van der Waals surface area (Å²) in [5.41, 5.74) is 1.29. The topological polar surface area (TPSA) is 32.7 Å². The zero-order valence-electron chi connectivity index (χ0n) is 12.7. The fraction of sp³-hybridized carbons (Fsp3) is 0.176. The second-order valence-corrected chi connectivity index (χ2v) is 6.91. The Kier molecular flexibility index (Phi) is 6.93. The summed E-state index contributed by atoms with van der Waals surface area (Å²) in [7, 11) is 0. The van der Waals surface area contributed by atoms with Crippen molar-refractivity contribution in [2.24, 2.45) is 5.10 Å². The lowest BCUT2D eigenvalue weighted by Crippen LogP contribution is -2.13. The van der Waals surface area contributed by atoms with Gasteiger partial charge in [-0.15, -0.1) is 0 Å². The highest BCUT2D eigenvalue weighted by Gasteiger charge is 2.29. The summed E-state index contributed by atoms with van der Waals surface area (Å²) in [5, 5.41) is 7.09. The molecule has 0 bridgehead atoms. The molecule has 0 radical (unpaired) electrons. The predicted octanol–water partition coefficient (Wildman–Crippen LogP) is 5.99. The van der Waals surface area contributed by atoms with Crippen LogP contribution in [0.15, 0.2) is 63.9 Å². The van der Waals surface area contributed by atoms with Crippen LogP contribution in [0.5, 0.6) is 0 Å². The van der Waals surface area contributed by atoms with Gasteiger partial charge in [0.1, 0.15) is 5.71 Å². The molecule has 126 valence electrons. The number of hydrogen-bond donors (Lipinski definition) is 0. The van der Waals surface area contributed by atoms with E-state index in [0.717, 1.165) is 5.56 Å². The fourth-order valence-corrected chi connectivity index (χ4v) is 2.85. The van der Waals surface area contributed by atoms with E-state index in [4.69, 9.17) is 46.4 Å². The van der Waals surface area contributed by atoms with Gasteiger partial charge in [-0.2, -0.15) is 5.10 Å². The molecule has 2 rings (SSSR count). The molecule has 0 saturated carbocycles. The van der Waals surface area contributed by atoms with Gasteiger partial charge in [0.2, 0.25) is 0 Å². The maximum atomic E-state index is 11.4. The molecule has 24 heavy (non-hydrogen) atoms. The second-order valence-electron chi connectivity index (χ2n) is 5.10. The van der Waals surface area contributed by atoms with Gasteiger partial charge in [-0.3, -0.25) is 9.80 Å². The molecule has 1 atom stereocenters. The van der Waals surface area contributed by atoms with Gasteiger partial charge in [0.25, 0.3) is 5.24 Å². The quantitative estimate of drug-likeness (QED) is 0.446. The van der Waals surface area contributed by atoms with E-state index in [1.165, 1.54) is 0 Å². The maximum absolute atomic E-state index is 11.4. The number of rotatable bonds is 5. The second kappa shape index (κ2) is 8.72. The van der Waals surface area contributed by atoms with Gasteiger partial charge in [-0.1, -0.05) is 46.9 Å². The van der Waals surface area contributed by atoms with Crippen molar-refractivity contribution >= 4 is 57.4 Å². The minimum atomic E-state index is -0.556. The van der Waals surface area contributed by atoms with E-state index in [1.807, 2.05) is 12.1 Å². The molecule has 0 spiro atoms. The predicted molar refractivity (Wildman–Crippen MR) is 102 cm³/mol. The Morgan fingerprint density at radius 2 is 1.92 bits per heavy atom. The summed E-state index contributed by atoms with van der Waals surface area (Å²) in [6.45, 7) is 1.74. The normalized spacial score (nSPS) is 19.1. The van der Waals surface area contributed by atoms with Gasteiger partial charge < -0.3 is 0 Å². The molecule has 7 heteroatoms. The Labute approximate surface area is 160 Å². The van der Waals surface area contributed by atoms with E-state index in [-0.39, 0.29) is 6.04 Å². The summed E-state index contributed by atoms with van der Waals surface area (Å²) in [6.07, 6.45) is 7.19. The Morgan fingerprint density at radius 3 is 2.50 bits per heavy atom. The zero-order chi connectivity index (χ0) is 17.7. The molecule has 0 aliphatic carbocycles. The Balaban J connectivity index is 2.23. The lowest BCUT2D eigenvalue weighted by molar-refractivity contribution is -0.106. The van der Waals surface area contributed by atoms with Gasteiger partial charge in [0.15, 0.2) is 0 Å². The van der Waals surface area contributed by atoms with Crippen LogP contribution in [-0.4, -0.2) is 16.0 Å². The Morgan fingerprint density at radius 1 is 1.25 bits per heavy atom. The molecule has 1 aromatic carbocycles. The van der Waals surface area contributed by atoms with Crippen molar-refractivity contribution in [3.8, 4) is 0 Å². The Hall–Kier alpha value is -1.26.